The first-order valence-corrected chi connectivity index (χ1v) is 7.55. The summed E-state index contributed by atoms with van der Waals surface area (Å²) in [5.41, 5.74) is 0.572. The predicted octanol–water partition coefficient (Wildman–Crippen LogP) is 3.57. The lowest BCUT2D eigenvalue weighted by molar-refractivity contribution is -0.153. The Balaban J connectivity index is 2.15. The van der Waals surface area contributed by atoms with Crippen molar-refractivity contribution in [1.29, 1.82) is 0 Å². The van der Waals surface area contributed by atoms with Crippen molar-refractivity contribution in [3.63, 3.8) is 0 Å². The fourth-order valence-corrected chi connectivity index (χ4v) is 2.54. The van der Waals surface area contributed by atoms with Crippen LogP contribution in [0.15, 0.2) is 18.2 Å². The van der Waals surface area contributed by atoms with Gasteiger partial charge in [0.1, 0.15) is 11.7 Å². The molecule has 0 aliphatic heterocycles. The van der Waals surface area contributed by atoms with Gasteiger partial charge in [0.25, 0.3) is 0 Å². The van der Waals surface area contributed by atoms with Crippen molar-refractivity contribution in [1.82, 2.24) is 0 Å². The van der Waals surface area contributed by atoms with Crippen molar-refractivity contribution >= 4 is 23.4 Å². The van der Waals surface area contributed by atoms with Crippen LogP contribution in [0.4, 0.5) is 4.39 Å². The van der Waals surface area contributed by atoms with Crippen LogP contribution in [0.3, 0.4) is 0 Å². The maximum absolute atomic E-state index is 13.5. The number of benzene rings is 1. The Morgan fingerprint density at radius 1 is 1.43 bits per heavy atom. The molecule has 0 saturated heterocycles. The van der Waals surface area contributed by atoms with Gasteiger partial charge in [0.2, 0.25) is 0 Å². The smallest absolute Gasteiger partial charge is 0.316 e. The van der Waals surface area contributed by atoms with Crippen LogP contribution in [0.5, 0.6) is 0 Å². The Morgan fingerprint density at radius 2 is 2.14 bits per heavy atom. The number of Topliss-reactive ketones (excluding diaryl/α,β-unsaturated/α-hetero) is 1. The molecule has 0 spiro atoms. The van der Waals surface area contributed by atoms with Crippen molar-refractivity contribution in [3.8, 4) is 0 Å². The number of rotatable bonds is 6. The third-order valence-corrected chi connectivity index (χ3v) is 4.15. The highest BCUT2D eigenvalue weighted by atomic mass is 35.5. The maximum atomic E-state index is 13.5. The van der Waals surface area contributed by atoms with Gasteiger partial charge in [-0.1, -0.05) is 24.1 Å². The van der Waals surface area contributed by atoms with Gasteiger partial charge in [-0.2, -0.15) is 0 Å². The first-order chi connectivity index (χ1) is 10.0. The summed E-state index contributed by atoms with van der Waals surface area (Å²) in [4.78, 5) is 24.4. The van der Waals surface area contributed by atoms with E-state index in [2.05, 4.69) is 0 Å². The fourth-order valence-electron chi connectivity index (χ4n) is 2.42. The summed E-state index contributed by atoms with van der Waals surface area (Å²) in [7, 11) is 0. The van der Waals surface area contributed by atoms with Gasteiger partial charge < -0.3 is 4.74 Å². The van der Waals surface area contributed by atoms with Gasteiger partial charge in [-0.25, -0.2) is 4.39 Å². The van der Waals surface area contributed by atoms with E-state index in [1.54, 1.807) is 13.0 Å². The summed E-state index contributed by atoms with van der Waals surface area (Å²) in [6.45, 7) is 1.92. The van der Waals surface area contributed by atoms with Gasteiger partial charge in [0.05, 0.1) is 11.6 Å². The lowest BCUT2D eigenvalue weighted by Crippen LogP contribution is -2.35. The molecule has 0 radical (unpaired) electrons. The number of carbonyl (C=O) groups is 2. The summed E-state index contributed by atoms with van der Waals surface area (Å²) >= 11 is 5.64. The molecule has 21 heavy (non-hydrogen) atoms. The molecular formula is C16H18ClFO3. The van der Waals surface area contributed by atoms with Crippen molar-refractivity contribution < 1.29 is 18.7 Å². The zero-order valence-electron chi connectivity index (χ0n) is 11.9. The van der Waals surface area contributed by atoms with E-state index < -0.39 is 17.7 Å². The summed E-state index contributed by atoms with van der Waals surface area (Å²) in [5.74, 6) is -2.07. The van der Waals surface area contributed by atoms with Crippen LogP contribution in [-0.4, -0.2) is 18.4 Å². The minimum atomic E-state index is -0.851. The molecule has 5 heteroatoms. The van der Waals surface area contributed by atoms with E-state index in [1.165, 1.54) is 12.1 Å². The second kappa shape index (κ2) is 7.03. The van der Waals surface area contributed by atoms with E-state index in [-0.39, 0.29) is 29.8 Å². The number of carbonyl (C=O) groups excluding carboxylic acids is 2. The molecule has 1 aromatic carbocycles. The van der Waals surface area contributed by atoms with E-state index >= 15 is 0 Å². The normalized spacial score (nSPS) is 16.1. The number of ketones is 1. The summed E-state index contributed by atoms with van der Waals surface area (Å²) < 4.78 is 18.5. The van der Waals surface area contributed by atoms with E-state index in [4.69, 9.17) is 16.3 Å². The van der Waals surface area contributed by atoms with E-state index in [0.29, 0.717) is 5.56 Å². The van der Waals surface area contributed by atoms with E-state index in [0.717, 1.165) is 19.3 Å². The van der Waals surface area contributed by atoms with Crippen LogP contribution in [0.2, 0.25) is 5.02 Å². The molecule has 0 bridgehead atoms. The number of hydrogen-bond acceptors (Lipinski definition) is 3. The van der Waals surface area contributed by atoms with Crippen molar-refractivity contribution in [2.75, 3.05) is 6.61 Å². The van der Waals surface area contributed by atoms with Gasteiger partial charge in [-0.05, 0) is 43.9 Å². The first-order valence-electron chi connectivity index (χ1n) is 7.17. The summed E-state index contributed by atoms with van der Waals surface area (Å²) in [6.07, 6.45) is 2.82. The van der Waals surface area contributed by atoms with Crippen LogP contribution >= 0.6 is 11.6 Å². The molecule has 0 heterocycles. The van der Waals surface area contributed by atoms with Crippen molar-refractivity contribution in [3.05, 3.63) is 34.6 Å². The van der Waals surface area contributed by atoms with E-state index in [1.807, 2.05) is 0 Å². The molecule has 1 saturated carbocycles. The largest absolute Gasteiger partial charge is 0.465 e. The predicted molar refractivity (Wildman–Crippen MR) is 77.6 cm³/mol. The quantitative estimate of drug-likeness (QED) is 0.596. The zero-order chi connectivity index (χ0) is 15.4. The van der Waals surface area contributed by atoms with Gasteiger partial charge in [0.15, 0.2) is 5.78 Å². The summed E-state index contributed by atoms with van der Waals surface area (Å²) in [6, 6.07) is 4.33. The lowest BCUT2D eigenvalue weighted by Gasteiger charge is -2.27. The SMILES string of the molecule is CCOC(=O)C(Cc1ccc(Cl)c(F)c1)C(=O)C1CCC1. The topological polar surface area (TPSA) is 43.4 Å². The van der Waals surface area contributed by atoms with Crippen LogP contribution in [-0.2, 0) is 20.7 Å². The highest BCUT2D eigenvalue weighted by Crippen LogP contribution is 2.31. The zero-order valence-corrected chi connectivity index (χ0v) is 12.7. The molecule has 1 aliphatic carbocycles. The third kappa shape index (κ3) is 3.82. The Hall–Kier alpha value is -1.42. The summed E-state index contributed by atoms with van der Waals surface area (Å²) in [5, 5.41) is 0.0248. The minimum Gasteiger partial charge on any atom is -0.465 e. The Bertz CT molecular complexity index is 540. The number of ether oxygens (including phenoxy) is 1. The fraction of sp³-hybridized carbons (Fsp3) is 0.500. The average molecular weight is 313 g/mol. The Kier molecular flexibility index (Phi) is 5.34. The molecule has 0 aromatic heterocycles. The molecule has 1 atom stereocenters. The Labute approximate surface area is 128 Å². The molecule has 3 nitrogen and oxygen atoms in total. The van der Waals surface area contributed by atoms with Gasteiger partial charge in [-0.15, -0.1) is 0 Å². The molecule has 1 aromatic rings. The van der Waals surface area contributed by atoms with Crippen LogP contribution in [0.1, 0.15) is 31.7 Å². The standard InChI is InChI=1S/C16H18ClFO3/c1-2-21-16(20)12(15(19)11-4-3-5-11)8-10-6-7-13(17)14(18)9-10/h6-7,9,11-12H,2-5,8H2,1H3. The molecule has 0 N–H and O–H groups in total. The highest BCUT2D eigenvalue weighted by Gasteiger charge is 2.36. The Morgan fingerprint density at radius 3 is 2.67 bits per heavy atom. The molecule has 1 fully saturated rings. The molecule has 2 rings (SSSR count). The van der Waals surface area contributed by atoms with Gasteiger partial charge in [0, 0.05) is 5.92 Å². The van der Waals surface area contributed by atoms with Gasteiger partial charge in [-0.3, -0.25) is 9.59 Å². The molecule has 1 aliphatic rings. The van der Waals surface area contributed by atoms with Crippen LogP contribution in [0.25, 0.3) is 0 Å². The molecule has 0 amide bonds. The number of hydrogen-bond donors (Lipinski definition) is 0. The minimum absolute atomic E-state index is 0.0248. The highest BCUT2D eigenvalue weighted by molar-refractivity contribution is 6.30. The van der Waals surface area contributed by atoms with Crippen molar-refractivity contribution in [2.45, 2.75) is 32.6 Å². The van der Waals surface area contributed by atoms with Gasteiger partial charge >= 0.3 is 5.97 Å². The van der Waals surface area contributed by atoms with Crippen molar-refractivity contribution in [2.24, 2.45) is 11.8 Å². The van der Waals surface area contributed by atoms with Crippen LogP contribution < -0.4 is 0 Å². The maximum Gasteiger partial charge on any atom is 0.316 e. The molecule has 1 unspecified atom stereocenters. The lowest BCUT2D eigenvalue weighted by atomic mass is 9.76. The monoisotopic (exact) mass is 312 g/mol. The molecular weight excluding hydrogens is 295 g/mol. The second-order valence-corrected chi connectivity index (χ2v) is 5.69. The third-order valence-electron chi connectivity index (χ3n) is 3.85. The average Bonchev–Trinajstić information content (AvgIpc) is 2.38. The number of esters is 1. The first kappa shape index (κ1) is 16.0. The second-order valence-electron chi connectivity index (χ2n) is 5.29. The number of halogens is 2. The van der Waals surface area contributed by atoms with E-state index in [9.17, 15) is 14.0 Å². The van der Waals surface area contributed by atoms with Crippen LogP contribution in [0, 0.1) is 17.7 Å². The molecule has 114 valence electrons.